The van der Waals surface area contributed by atoms with E-state index in [4.69, 9.17) is 9.15 Å². The van der Waals surface area contributed by atoms with Crippen molar-refractivity contribution in [2.75, 3.05) is 24.4 Å². The maximum Gasteiger partial charge on any atom is 0.291 e. The number of carbonyl (C=O) groups excluding carboxylic acids is 2. The van der Waals surface area contributed by atoms with Gasteiger partial charge in [0.15, 0.2) is 5.76 Å². The molecule has 32 heavy (non-hydrogen) atoms. The molecular weight excluding hydrogens is 454 g/mol. The van der Waals surface area contributed by atoms with E-state index >= 15 is 0 Å². The average Bonchev–Trinajstić information content (AvgIpc) is 3.38. The van der Waals surface area contributed by atoms with Crippen molar-refractivity contribution in [3.8, 4) is 0 Å². The molecule has 0 aliphatic heterocycles. The first kappa shape index (κ1) is 23.7. The van der Waals surface area contributed by atoms with E-state index < -0.39 is 15.9 Å². The van der Waals surface area contributed by atoms with E-state index in [0.717, 1.165) is 11.3 Å². The third-order valence-corrected chi connectivity index (χ3v) is 7.06. The van der Waals surface area contributed by atoms with Crippen LogP contribution in [0.5, 0.6) is 0 Å². The van der Waals surface area contributed by atoms with Crippen LogP contribution < -0.4 is 15.4 Å². The van der Waals surface area contributed by atoms with Crippen molar-refractivity contribution < 1.29 is 27.2 Å². The zero-order chi connectivity index (χ0) is 23.3. The molecule has 1 atom stereocenters. The molecule has 0 aliphatic carbocycles. The van der Waals surface area contributed by atoms with Gasteiger partial charge in [-0.3, -0.25) is 9.59 Å². The maximum atomic E-state index is 12.7. The fourth-order valence-corrected chi connectivity index (χ4v) is 5.06. The lowest BCUT2D eigenvalue weighted by atomic mass is 10.2. The zero-order valence-electron chi connectivity index (χ0n) is 17.7. The van der Waals surface area contributed by atoms with Gasteiger partial charge in [0.2, 0.25) is 10.0 Å². The minimum atomic E-state index is -3.70. The minimum absolute atomic E-state index is 0.0775. The Bertz CT molecular complexity index is 1180. The number of aryl methyl sites for hydroxylation is 1. The van der Waals surface area contributed by atoms with Gasteiger partial charge in [0, 0.05) is 18.8 Å². The lowest BCUT2D eigenvalue weighted by Crippen LogP contribution is -2.35. The van der Waals surface area contributed by atoms with Crippen LogP contribution in [-0.4, -0.2) is 40.0 Å². The SMILES string of the molecule is COCC(C)NS(=O)(=O)c1ccc(NC(=O)c2sc(NC(=O)c3ccco3)cc2C)cc1. The number of hydrogen-bond donors (Lipinski definition) is 3. The van der Waals surface area contributed by atoms with Crippen LogP contribution in [0.2, 0.25) is 0 Å². The van der Waals surface area contributed by atoms with Crippen molar-refractivity contribution in [2.24, 2.45) is 0 Å². The minimum Gasteiger partial charge on any atom is -0.459 e. The Morgan fingerprint density at radius 3 is 2.47 bits per heavy atom. The number of thiophene rings is 1. The molecule has 3 aromatic rings. The molecule has 1 aromatic carbocycles. The highest BCUT2D eigenvalue weighted by atomic mass is 32.2. The molecule has 0 saturated carbocycles. The summed E-state index contributed by atoms with van der Waals surface area (Å²) in [4.78, 5) is 25.3. The average molecular weight is 478 g/mol. The van der Waals surface area contributed by atoms with Crippen molar-refractivity contribution in [3.63, 3.8) is 0 Å². The van der Waals surface area contributed by atoms with Gasteiger partial charge in [-0.1, -0.05) is 0 Å². The number of sulfonamides is 1. The maximum absolute atomic E-state index is 12.7. The second kappa shape index (κ2) is 10.1. The van der Waals surface area contributed by atoms with Gasteiger partial charge in [-0.25, -0.2) is 13.1 Å². The standard InChI is InChI=1S/C21H23N3O6S2/c1-13-11-18(23-20(25)17-5-4-10-30-17)31-19(13)21(26)22-15-6-8-16(9-7-15)32(27,28)24-14(2)12-29-3/h4-11,14,24H,12H2,1-3H3,(H,22,26)(H,23,25). The Kier molecular flexibility index (Phi) is 7.46. The first-order chi connectivity index (χ1) is 15.2. The van der Waals surface area contributed by atoms with E-state index in [2.05, 4.69) is 15.4 Å². The van der Waals surface area contributed by atoms with Gasteiger partial charge >= 0.3 is 0 Å². The number of furan rings is 1. The highest BCUT2D eigenvalue weighted by Gasteiger charge is 2.19. The van der Waals surface area contributed by atoms with Gasteiger partial charge in [-0.2, -0.15) is 0 Å². The topological polar surface area (TPSA) is 127 Å². The number of amides is 2. The quantitative estimate of drug-likeness (QED) is 0.433. The molecule has 0 saturated heterocycles. The van der Waals surface area contributed by atoms with Crippen LogP contribution in [0.15, 0.2) is 58.0 Å². The molecule has 1 unspecified atom stereocenters. The van der Waals surface area contributed by atoms with E-state index in [1.165, 1.54) is 37.6 Å². The van der Waals surface area contributed by atoms with Crippen LogP contribution in [0.4, 0.5) is 10.7 Å². The van der Waals surface area contributed by atoms with Crippen molar-refractivity contribution >= 4 is 43.9 Å². The number of carbonyl (C=O) groups is 2. The molecule has 0 fully saturated rings. The van der Waals surface area contributed by atoms with Crippen molar-refractivity contribution in [1.29, 1.82) is 0 Å². The summed E-state index contributed by atoms with van der Waals surface area (Å²) in [5, 5.41) is 5.94. The molecule has 2 amide bonds. The summed E-state index contributed by atoms with van der Waals surface area (Å²) in [6.45, 7) is 3.71. The number of rotatable bonds is 9. The van der Waals surface area contributed by atoms with Gasteiger partial charge in [0.25, 0.3) is 11.8 Å². The lowest BCUT2D eigenvalue weighted by molar-refractivity contribution is 0.0995. The van der Waals surface area contributed by atoms with Gasteiger partial charge in [0.05, 0.1) is 27.6 Å². The third-order valence-electron chi connectivity index (χ3n) is 4.30. The van der Waals surface area contributed by atoms with Crippen molar-refractivity contribution in [2.45, 2.75) is 24.8 Å². The van der Waals surface area contributed by atoms with E-state index in [9.17, 15) is 18.0 Å². The van der Waals surface area contributed by atoms with Gasteiger partial charge < -0.3 is 19.8 Å². The molecule has 0 aliphatic rings. The van der Waals surface area contributed by atoms with E-state index in [1.807, 2.05) is 0 Å². The van der Waals surface area contributed by atoms with Crippen LogP contribution in [0.25, 0.3) is 0 Å². The Morgan fingerprint density at radius 2 is 1.84 bits per heavy atom. The summed E-state index contributed by atoms with van der Waals surface area (Å²) in [5.41, 5.74) is 1.13. The van der Waals surface area contributed by atoms with Crippen LogP contribution >= 0.6 is 11.3 Å². The van der Waals surface area contributed by atoms with Crippen LogP contribution in [0.1, 0.15) is 32.7 Å². The summed E-state index contributed by atoms with van der Waals surface area (Å²) in [7, 11) is -2.21. The highest BCUT2D eigenvalue weighted by Crippen LogP contribution is 2.28. The van der Waals surface area contributed by atoms with Crippen LogP contribution in [-0.2, 0) is 14.8 Å². The predicted octanol–water partition coefficient (Wildman–Crippen LogP) is 3.47. The number of anilines is 2. The first-order valence-electron chi connectivity index (χ1n) is 9.57. The molecule has 0 radical (unpaired) electrons. The molecule has 11 heteroatoms. The number of methoxy groups -OCH3 is 1. The molecule has 2 heterocycles. The molecule has 0 spiro atoms. The van der Waals surface area contributed by atoms with Crippen LogP contribution in [0, 0.1) is 6.92 Å². The fraction of sp³-hybridized carbons (Fsp3) is 0.238. The highest BCUT2D eigenvalue weighted by molar-refractivity contribution is 7.89. The van der Waals surface area contributed by atoms with Crippen LogP contribution in [0.3, 0.4) is 0 Å². The fourth-order valence-electron chi connectivity index (χ4n) is 2.87. The Morgan fingerprint density at radius 1 is 1.12 bits per heavy atom. The van der Waals surface area contributed by atoms with Crippen molar-refractivity contribution in [1.82, 2.24) is 4.72 Å². The molecule has 2 aromatic heterocycles. The van der Waals surface area contributed by atoms with E-state index in [1.54, 1.807) is 32.0 Å². The van der Waals surface area contributed by atoms with Crippen molar-refractivity contribution in [3.05, 3.63) is 64.9 Å². The Hall–Kier alpha value is -2.99. The number of benzene rings is 1. The predicted molar refractivity (Wildman–Crippen MR) is 122 cm³/mol. The number of nitrogens with one attached hydrogen (secondary N) is 3. The molecular formula is C21H23N3O6S2. The molecule has 3 N–H and O–H groups in total. The normalized spacial score (nSPS) is 12.3. The zero-order valence-corrected chi connectivity index (χ0v) is 19.3. The second-order valence-corrected chi connectivity index (χ2v) is 9.78. The number of ether oxygens (including phenoxy) is 1. The largest absolute Gasteiger partial charge is 0.459 e. The third kappa shape index (κ3) is 5.82. The van der Waals surface area contributed by atoms with E-state index in [-0.39, 0.29) is 29.2 Å². The molecule has 0 bridgehead atoms. The molecule has 170 valence electrons. The second-order valence-electron chi connectivity index (χ2n) is 7.01. The monoisotopic (exact) mass is 477 g/mol. The Balaban J connectivity index is 1.66. The Labute approximate surface area is 189 Å². The molecule has 3 rings (SSSR count). The van der Waals surface area contributed by atoms with Gasteiger partial charge in [0.1, 0.15) is 0 Å². The molecule has 9 nitrogen and oxygen atoms in total. The smallest absolute Gasteiger partial charge is 0.291 e. The number of hydrogen-bond acceptors (Lipinski definition) is 7. The summed E-state index contributed by atoms with van der Waals surface area (Å²) >= 11 is 1.13. The first-order valence-corrected chi connectivity index (χ1v) is 11.9. The lowest BCUT2D eigenvalue weighted by Gasteiger charge is -2.13. The summed E-state index contributed by atoms with van der Waals surface area (Å²) in [5.74, 6) is -0.606. The summed E-state index contributed by atoms with van der Waals surface area (Å²) in [6.07, 6.45) is 1.40. The summed E-state index contributed by atoms with van der Waals surface area (Å²) < 4.78 is 37.3. The summed E-state index contributed by atoms with van der Waals surface area (Å²) in [6, 6.07) is 10.3. The van der Waals surface area contributed by atoms with Gasteiger partial charge in [-0.05, 0) is 61.9 Å². The van der Waals surface area contributed by atoms with Gasteiger partial charge in [-0.15, -0.1) is 11.3 Å². The van der Waals surface area contributed by atoms with E-state index in [0.29, 0.717) is 21.1 Å².